The Morgan fingerprint density at radius 3 is 2.66 bits per heavy atom. The Hall–Kier alpha value is -3.13. The van der Waals surface area contributed by atoms with E-state index in [9.17, 15) is 14.4 Å². The standard InChI is InChI=1S/C21H21N3O4S/c1-13-6-3-4-9-16(13)23-19(26)12-20-24-21(27)17(29-20)11-18(25)22-14-7-5-8-15(10-14)28-2/h3-10,17H,11-12H2,1-2H3,(H,22,25)(H,23,26). The number of aliphatic imine (C=N–C) groups is 1. The van der Waals surface area contributed by atoms with E-state index in [0.29, 0.717) is 16.5 Å². The first-order chi connectivity index (χ1) is 13.9. The van der Waals surface area contributed by atoms with Crippen molar-refractivity contribution in [3.8, 4) is 5.75 Å². The number of rotatable bonds is 7. The fraction of sp³-hybridized carbons (Fsp3) is 0.238. The molecule has 1 aliphatic rings. The molecule has 29 heavy (non-hydrogen) atoms. The van der Waals surface area contributed by atoms with Crippen molar-refractivity contribution in [3.05, 3.63) is 54.1 Å². The number of amides is 3. The summed E-state index contributed by atoms with van der Waals surface area (Å²) in [5, 5.41) is 5.35. The van der Waals surface area contributed by atoms with Gasteiger partial charge in [-0.15, -0.1) is 0 Å². The van der Waals surface area contributed by atoms with Gasteiger partial charge in [0.2, 0.25) is 11.8 Å². The van der Waals surface area contributed by atoms with E-state index in [2.05, 4.69) is 15.6 Å². The van der Waals surface area contributed by atoms with Crippen LogP contribution >= 0.6 is 11.8 Å². The molecule has 0 aromatic heterocycles. The number of nitrogens with one attached hydrogen (secondary N) is 2. The molecule has 3 rings (SSSR count). The van der Waals surface area contributed by atoms with Gasteiger partial charge in [0.15, 0.2) is 0 Å². The van der Waals surface area contributed by atoms with Crippen LogP contribution in [0.15, 0.2) is 53.5 Å². The highest BCUT2D eigenvalue weighted by atomic mass is 32.2. The average molecular weight is 411 g/mol. The number of ether oxygens (including phenoxy) is 1. The summed E-state index contributed by atoms with van der Waals surface area (Å²) in [6, 6.07) is 14.4. The van der Waals surface area contributed by atoms with Crippen molar-refractivity contribution < 1.29 is 19.1 Å². The van der Waals surface area contributed by atoms with E-state index in [1.807, 2.05) is 31.2 Å². The first-order valence-corrected chi connectivity index (χ1v) is 9.90. The molecule has 1 heterocycles. The lowest BCUT2D eigenvalue weighted by Crippen LogP contribution is -2.21. The van der Waals surface area contributed by atoms with E-state index >= 15 is 0 Å². The minimum absolute atomic E-state index is 0.00125. The Labute approximate surface area is 172 Å². The van der Waals surface area contributed by atoms with E-state index < -0.39 is 11.2 Å². The molecule has 8 heteroatoms. The van der Waals surface area contributed by atoms with Gasteiger partial charge < -0.3 is 15.4 Å². The molecule has 150 valence electrons. The molecule has 2 N–H and O–H groups in total. The SMILES string of the molecule is COc1cccc(NC(=O)CC2SC(CC(=O)Nc3ccccc3C)=NC2=O)c1. The normalized spacial score (nSPS) is 15.6. The van der Waals surface area contributed by atoms with Crippen molar-refractivity contribution >= 4 is 45.9 Å². The van der Waals surface area contributed by atoms with E-state index in [-0.39, 0.29) is 24.7 Å². The van der Waals surface area contributed by atoms with Crippen LogP contribution in [0.4, 0.5) is 11.4 Å². The third-order valence-corrected chi connectivity index (χ3v) is 5.40. The van der Waals surface area contributed by atoms with Gasteiger partial charge in [-0.25, -0.2) is 4.99 Å². The Bertz CT molecular complexity index is 974. The number of thioether (sulfide) groups is 1. The third kappa shape index (κ3) is 5.68. The molecule has 7 nitrogen and oxygen atoms in total. The lowest BCUT2D eigenvalue weighted by atomic mass is 10.2. The van der Waals surface area contributed by atoms with Crippen LogP contribution < -0.4 is 15.4 Å². The molecule has 2 aromatic rings. The van der Waals surface area contributed by atoms with Gasteiger partial charge in [0.25, 0.3) is 5.91 Å². The molecule has 1 unspecified atom stereocenters. The Balaban J connectivity index is 1.51. The molecule has 1 atom stereocenters. The van der Waals surface area contributed by atoms with Gasteiger partial charge in [-0.2, -0.15) is 0 Å². The third-order valence-electron chi connectivity index (χ3n) is 4.24. The average Bonchev–Trinajstić information content (AvgIpc) is 3.02. The maximum Gasteiger partial charge on any atom is 0.260 e. The molecule has 0 fully saturated rings. The van der Waals surface area contributed by atoms with Crippen LogP contribution in [0, 0.1) is 6.92 Å². The number of benzene rings is 2. The number of carbonyl (C=O) groups is 3. The minimum atomic E-state index is -0.623. The lowest BCUT2D eigenvalue weighted by Gasteiger charge is -2.10. The number of carbonyl (C=O) groups excluding carboxylic acids is 3. The van der Waals surface area contributed by atoms with Crippen molar-refractivity contribution in [1.82, 2.24) is 0 Å². The van der Waals surface area contributed by atoms with E-state index in [1.54, 1.807) is 31.4 Å². The van der Waals surface area contributed by atoms with Crippen molar-refractivity contribution in [1.29, 1.82) is 0 Å². The molecule has 0 spiro atoms. The van der Waals surface area contributed by atoms with Crippen LogP contribution in [0.25, 0.3) is 0 Å². The first-order valence-electron chi connectivity index (χ1n) is 9.02. The molecule has 2 aromatic carbocycles. The molecule has 0 aliphatic carbocycles. The highest BCUT2D eigenvalue weighted by Gasteiger charge is 2.31. The number of aryl methyl sites for hydroxylation is 1. The molecule has 0 saturated carbocycles. The summed E-state index contributed by atoms with van der Waals surface area (Å²) in [4.78, 5) is 40.6. The van der Waals surface area contributed by atoms with Gasteiger partial charge in [-0.05, 0) is 30.7 Å². The molecule has 3 amide bonds. The molecule has 1 aliphatic heterocycles. The zero-order valence-corrected chi connectivity index (χ0v) is 16.9. The van der Waals surface area contributed by atoms with E-state index in [1.165, 1.54) is 0 Å². The Kier molecular flexibility index (Phi) is 6.66. The topological polar surface area (TPSA) is 96.9 Å². The Morgan fingerprint density at radius 1 is 1.10 bits per heavy atom. The van der Waals surface area contributed by atoms with Crippen LogP contribution in [-0.4, -0.2) is 35.1 Å². The first kappa shape index (κ1) is 20.6. The summed E-state index contributed by atoms with van der Waals surface area (Å²) in [7, 11) is 1.54. The molecular formula is C21H21N3O4S. The number of hydrogen-bond donors (Lipinski definition) is 2. The van der Waals surface area contributed by atoms with Crippen molar-refractivity contribution in [2.75, 3.05) is 17.7 Å². The largest absolute Gasteiger partial charge is 0.497 e. The van der Waals surface area contributed by atoms with Gasteiger partial charge in [0, 0.05) is 23.9 Å². The summed E-state index contributed by atoms with van der Waals surface area (Å²) < 4.78 is 5.12. The number of nitrogens with zero attached hydrogens (tertiary/aromatic N) is 1. The van der Waals surface area contributed by atoms with E-state index in [0.717, 1.165) is 23.0 Å². The second kappa shape index (κ2) is 9.38. The quantitative estimate of drug-likeness (QED) is 0.728. The summed E-state index contributed by atoms with van der Waals surface area (Å²) in [6.07, 6.45) is -0.0220. The van der Waals surface area contributed by atoms with Gasteiger partial charge >= 0.3 is 0 Å². The zero-order chi connectivity index (χ0) is 20.8. The van der Waals surface area contributed by atoms with Crippen molar-refractivity contribution in [2.24, 2.45) is 4.99 Å². The monoisotopic (exact) mass is 411 g/mol. The predicted octanol–water partition coefficient (Wildman–Crippen LogP) is 3.40. The summed E-state index contributed by atoms with van der Waals surface area (Å²) in [5.41, 5.74) is 2.26. The zero-order valence-electron chi connectivity index (χ0n) is 16.1. The fourth-order valence-corrected chi connectivity index (χ4v) is 3.85. The maximum absolute atomic E-state index is 12.3. The molecule has 0 bridgehead atoms. The molecule has 0 radical (unpaired) electrons. The maximum atomic E-state index is 12.3. The molecule has 0 saturated heterocycles. The van der Waals surface area contributed by atoms with Gasteiger partial charge in [-0.3, -0.25) is 14.4 Å². The van der Waals surface area contributed by atoms with Crippen LogP contribution in [0.2, 0.25) is 0 Å². The number of anilines is 2. The second-order valence-corrected chi connectivity index (χ2v) is 7.75. The number of hydrogen-bond acceptors (Lipinski definition) is 5. The fourth-order valence-electron chi connectivity index (χ4n) is 2.77. The number of para-hydroxylation sites is 1. The van der Waals surface area contributed by atoms with Crippen molar-refractivity contribution in [2.45, 2.75) is 25.0 Å². The van der Waals surface area contributed by atoms with Crippen molar-refractivity contribution in [3.63, 3.8) is 0 Å². The van der Waals surface area contributed by atoms with Crippen LogP contribution in [0.1, 0.15) is 18.4 Å². The second-order valence-electron chi connectivity index (χ2n) is 6.47. The number of methoxy groups -OCH3 is 1. The highest BCUT2D eigenvalue weighted by Crippen LogP contribution is 2.28. The summed E-state index contributed by atoms with van der Waals surface area (Å²) in [5.74, 6) is -0.321. The van der Waals surface area contributed by atoms with Gasteiger partial charge in [-0.1, -0.05) is 36.0 Å². The lowest BCUT2D eigenvalue weighted by molar-refractivity contribution is -0.121. The smallest absolute Gasteiger partial charge is 0.260 e. The highest BCUT2D eigenvalue weighted by molar-refractivity contribution is 8.15. The summed E-state index contributed by atoms with van der Waals surface area (Å²) in [6.45, 7) is 1.90. The molecular weight excluding hydrogens is 390 g/mol. The minimum Gasteiger partial charge on any atom is -0.497 e. The Morgan fingerprint density at radius 2 is 1.90 bits per heavy atom. The van der Waals surface area contributed by atoms with Gasteiger partial charge in [0.05, 0.1) is 18.6 Å². The van der Waals surface area contributed by atoms with E-state index in [4.69, 9.17) is 4.74 Å². The predicted molar refractivity (Wildman–Crippen MR) is 114 cm³/mol. The van der Waals surface area contributed by atoms with Crippen LogP contribution in [0.3, 0.4) is 0 Å². The summed E-state index contributed by atoms with van der Waals surface area (Å²) >= 11 is 1.16. The van der Waals surface area contributed by atoms with Crippen LogP contribution in [0.5, 0.6) is 5.75 Å². The van der Waals surface area contributed by atoms with Crippen LogP contribution in [-0.2, 0) is 14.4 Å². The van der Waals surface area contributed by atoms with Gasteiger partial charge in [0.1, 0.15) is 11.0 Å².